The van der Waals surface area contributed by atoms with Gasteiger partial charge in [-0.15, -0.1) is 0 Å². The minimum absolute atomic E-state index is 0.0486. The zero-order chi connectivity index (χ0) is 20.3. The molecule has 28 heavy (non-hydrogen) atoms. The zero-order valence-corrected chi connectivity index (χ0v) is 15.9. The SMILES string of the molecule is O=C(O)Cc1ccc(Cl)c(Oc2ccc(S(=O)(=O)c3ccccc3)cc2F)c1. The van der Waals surface area contributed by atoms with Crippen molar-refractivity contribution in [2.75, 3.05) is 0 Å². The van der Waals surface area contributed by atoms with E-state index in [-0.39, 0.29) is 32.7 Å². The van der Waals surface area contributed by atoms with Crippen molar-refractivity contribution in [1.29, 1.82) is 0 Å². The van der Waals surface area contributed by atoms with Crippen LogP contribution < -0.4 is 4.74 Å². The molecule has 0 amide bonds. The number of carboxylic acid groups (broad SMARTS) is 1. The summed E-state index contributed by atoms with van der Waals surface area (Å²) in [5, 5.41) is 9.03. The summed E-state index contributed by atoms with van der Waals surface area (Å²) in [5.74, 6) is -2.09. The molecular formula is C20H14ClFO5S. The van der Waals surface area contributed by atoms with Crippen molar-refractivity contribution in [2.45, 2.75) is 16.2 Å². The molecule has 0 fully saturated rings. The Labute approximate surface area is 165 Å². The third-order valence-corrected chi connectivity index (χ3v) is 5.92. The van der Waals surface area contributed by atoms with E-state index in [9.17, 15) is 17.6 Å². The van der Waals surface area contributed by atoms with Crippen molar-refractivity contribution in [3.8, 4) is 11.5 Å². The highest BCUT2D eigenvalue weighted by Gasteiger charge is 2.20. The van der Waals surface area contributed by atoms with Crippen molar-refractivity contribution in [1.82, 2.24) is 0 Å². The largest absolute Gasteiger partial charge is 0.481 e. The summed E-state index contributed by atoms with van der Waals surface area (Å²) in [5.41, 5.74) is 0.426. The molecule has 3 aromatic rings. The van der Waals surface area contributed by atoms with Gasteiger partial charge in [-0.2, -0.15) is 0 Å². The third-order valence-electron chi connectivity index (χ3n) is 3.84. The first-order valence-electron chi connectivity index (χ1n) is 8.05. The number of sulfone groups is 1. The fourth-order valence-corrected chi connectivity index (χ4v) is 3.95. The normalized spacial score (nSPS) is 11.2. The van der Waals surface area contributed by atoms with Gasteiger partial charge in [-0.3, -0.25) is 4.79 Å². The summed E-state index contributed by atoms with van der Waals surface area (Å²) in [6.07, 6.45) is -0.246. The number of carbonyl (C=O) groups is 1. The highest BCUT2D eigenvalue weighted by molar-refractivity contribution is 7.91. The number of carboxylic acids is 1. The maximum absolute atomic E-state index is 14.5. The van der Waals surface area contributed by atoms with Crippen LogP contribution in [0, 0.1) is 5.82 Å². The lowest BCUT2D eigenvalue weighted by Gasteiger charge is -2.11. The molecule has 0 aliphatic carbocycles. The van der Waals surface area contributed by atoms with Crippen LogP contribution in [-0.2, 0) is 21.1 Å². The van der Waals surface area contributed by atoms with E-state index < -0.39 is 21.6 Å². The predicted molar refractivity (Wildman–Crippen MR) is 101 cm³/mol. The molecule has 0 saturated carbocycles. The number of hydrogen-bond donors (Lipinski definition) is 1. The second kappa shape index (κ2) is 8.00. The van der Waals surface area contributed by atoms with Crippen LogP contribution in [-0.4, -0.2) is 19.5 Å². The molecule has 0 aromatic heterocycles. The zero-order valence-electron chi connectivity index (χ0n) is 14.3. The summed E-state index contributed by atoms with van der Waals surface area (Å²) < 4.78 is 45.1. The molecule has 0 aliphatic heterocycles. The van der Waals surface area contributed by atoms with Crippen molar-refractivity contribution < 1.29 is 27.4 Å². The van der Waals surface area contributed by atoms with Gasteiger partial charge in [0.25, 0.3) is 0 Å². The average molecular weight is 421 g/mol. The topological polar surface area (TPSA) is 80.7 Å². The van der Waals surface area contributed by atoms with E-state index in [1.54, 1.807) is 18.2 Å². The van der Waals surface area contributed by atoms with Crippen LogP contribution in [0.1, 0.15) is 5.56 Å². The lowest BCUT2D eigenvalue weighted by Crippen LogP contribution is -2.03. The lowest BCUT2D eigenvalue weighted by molar-refractivity contribution is -0.136. The fourth-order valence-electron chi connectivity index (χ4n) is 2.50. The van der Waals surface area contributed by atoms with Crippen LogP contribution in [0.2, 0.25) is 5.02 Å². The van der Waals surface area contributed by atoms with Gasteiger partial charge in [0.05, 0.1) is 21.2 Å². The molecule has 8 heteroatoms. The number of benzene rings is 3. The average Bonchev–Trinajstić information content (AvgIpc) is 2.66. The van der Waals surface area contributed by atoms with Gasteiger partial charge >= 0.3 is 5.97 Å². The maximum atomic E-state index is 14.5. The molecule has 0 saturated heterocycles. The maximum Gasteiger partial charge on any atom is 0.307 e. The van der Waals surface area contributed by atoms with Gasteiger partial charge in [0.15, 0.2) is 11.6 Å². The Morgan fingerprint density at radius 2 is 1.68 bits per heavy atom. The quantitative estimate of drug-likeness (QED) is 0.623. The Balaban J connectivity index is 1.91. The Bertz CT molecular complexity index is 1130. The number of rotatable bonds is 6. The molecule has 1 N–H and O–H groups in total. The number of halogens is 2. The summed E-state index contributed by atoms with van der Waals surface area (Å²) in [4.78, 5) is 10.7. The number of ether oxygens (including phenoxy) is 1. The first kappa shape index (κ1) is 19.9. The Morgan fingerprint density at radius 1 is 0.964 bits per heavy atom. The smallest absolute Gasteiger partial charge is 0.307 e. The lowest BCUT2D eigenvalue weighted by atomic mass is 10.1. The van der Waals surface area contributed by atoms with E-state index in [2.05, 4.69) is 0 Å². The molecule has 144 valence electrons. The van der Waals surface area contributed by atoms with Gasteiger partial charge in [-0.1, -0.05) is 35.9 Å². The molecular weight excluding hydrogens is 407 g/mol. The first-order chi connectivity index (χ1) is 13.3. The summed E-state index contributed by atoms with van der Waals surface area (Å²) in [6.45, 7) is 0. The van der Waals surface area contributed by atoms with E-state index in [0.717, 1.165) is 6.07 Å². The number of aliphatic carboxylic acids is 1. The molecule has 0 atom stereocenters. The van der Waals surface area contributed by atoms with Crippen LogP contribution in [0.25, 0.3) is 0 Å². The van der Waals surface area contributed by atoms with Gasteiger partial charge in [0.1, 0.15) is 5.75 Å². The summed E-state index contributed by atoms with van der Waals surface area (Å²) in [6, 6.07) is 15.3. The van der Waals surface area contributed by atoms with Crippen molar-refractivity contribution >= 4 is 27.4 Å². The summed E-state index contributed by atoms with van der Waals surface area (Å²) >= 11 is 6.03. The molecule has 0 heterocycles. The van der Waals surface area contributed by atoms with Gasteiger partial charge in [0.2, 0.25) is 9.84 Å². The van der Waals surface area contributed by atoms with Crippen molar-refractivity contribution in [2.24, 2.45) is 0 Å². The molecule has 3 aromatic carbocycles. The summed E-state index contributed by atoms with van der Waals surface area (Å²) in [7, 11) is -3.87. The van der Waals surface area contributed by atoms with Gasteiger partial charge < -0.3 is 9.84 Å². The second-order valence-electron chi connectivity index (χ2n) is 5.85. The second-order valence-corrected chi connectivity index (χ2v) is 8.20. The highest BCUT2D eigenvalue weighted by Crippen LogP contribution is 2.33. The molecule has 0 bridgehead atoms. The number of hydrogen-bond acceptors (Lipinski definition) is 4. The molecule has 5 nitrogen and oxygen atoms in total. The Hall–Kier alpha value is -2.90. The van der Waals surface area contributed by atoms with Crippen LogP contribution in [0.3, 0.4) is 0 Å². The first-order valence-corrected chi connectivity index (χ1v) is 9.91. The molecule has 3 rings (SSSR count). The van der Waals surface area contributed by atoms with Gasteiger partial charge in [0, 0.05) is 0 Å². The predicted octanol–water partition coefficient (Wildman–Crippen LogP) is 4.73. The van der Waals surface area contributed by atoms with Gasteiger partial charge in [-0.05, 0) is 48.0 Å². The molecule has 0 radical (unpaired) electrons. The minimum atomic E-state index is -3.87. The third kappa shape index (κ3) is 4.32. The highest BCUT2D eigenvalue weighted by atomic mass is 35.5. The van der Waals surface area contributed by atoms with E-state index in [1.807, 2.05) is 0 Å². The van der Waals surface area contributed by atoms with Crippen molar-refractivity contribution in [3.63, 3.8) is 0 Å². The minimum Gasteiger partial charge on any atom is -0.481 e. The van der Waals surface area contributed by atoms with Crippen LogP contribution in [0.5, 0.6) is 11.5 Å². The van der Waals surface area contributed by atoms with E-state index >= 15 is 0 Å². The van der Waals surface area contributed by atoms with Gasteiger partial charge in [-0.25, -0.2) is 12.8 Å². The van der Waals surface area contributed by atoms with E-state index in [0.29, 0.717) is 5.56 Å². The van der Waals surface area contributed by atoms with Crippen molar-refractivity contribution in [3.05, 3.63) is 83.1 Å². The van der Waals surface area contributed by atoms with E-state index in [1.165, 1.54) is 42.5 Å². The standard InChI is InChI=1S/C20H14ClFO5S/c21-16-8-6-13(11-20(23)24)10-19(16)27-18-9-7-15(12-17(18)22)28(25,26)14-4-2-1-3-5-14/h1-10,12H,11H2,(H,23,24). The monoisotopic (exact) mass is 420 g/mol. The Morgan fingerprint density at radius 3 is 2.32 bits per heavy atom. The molecule has 0 aliphatic rings. The Kier molecular flexibility index (Phi) is 5.67. The van der Waals surface area contributed by atoms with Crippen LogP contribution in [0.4, 0.5) is 4.39 Å². The van der Waals surface area contributed by atoms with E-state index in [4.69, 9.17) is 21.4 Å². The van der Waals surface area contributed by atoms with Crippen LogP contribution >= 0.6 is 11.6 Å². The fraction of sp³-hybridized carbons (Fsp3) is 0.0500. The molecule has 0 spiro atoms. The van der Waals surface area contributed by atoms with Crippen LogP contribution in [0.15, 0.2) is 76.5 Å². The molecule has 0 unspecified atom stereocenters.